The van der Waals surface area contributed by atoms with E-state index in [2.05, 4.69) is 26.3 Å². The molecule has 4 nitrogen and oxygen atoms in total. The third kappa shape index (κ3) is 4.04. The summed E-state index contributed by atoms with van der Waals surface area (Å²) < 4.78 is 2.59. The number of anilines is 1. The van der Waals surface area contributed by atoms with Crippen LogP contribution >= 0.6 is 27.5 Å². The van der Waals surface area contributed by atoms with E-state index in [0.717, 1.165) is 21.3 Å². The summed E-state index contributed by atoms with van der Waals surface area (Å²) in [7, 11) is 0. The van der Waals surface area contributed by atoms with Crippen molar-refractivity contribution in [2.24, 2.45) is 0 Å². The highest BCUT2D eigenvalue weighted by molar-refractivity contribution is 9.10. The molecule has 1 heterocycles. The second kappa shape index (κ2) is 7.20. The number of carbonyl (C=O) groups excluding carboxylic acids is 1. The second-order valence-corrected chi connectivity index (χ2v) is 6.78. The van der Waals surface area contributed by atoms with Crippen LogP contribution in [0.2, 0.25) is 5.02 Å². The lowest BCUT2D eigenvalue weighted by molar-refractivity contribution is 0.102. The van der Waals surface area contributed by atoms with Gasteiger partial charge in [-0.2, -0.15) is 5.10 Å². The Morgan fingerprint density at radius 3 is 2.83 bits per heavy atom. The first-order valence-corrected chi connectivity index (χ1v) is 8.53. The van der Waals surface area contributed by atoms with Crippen LogP contribution in [0, 0.1) is 6.92 Å². The summed E-state index contributed by atoms with van der Waals surface area (Å²) in [4.78, 5) is 12.5. The van der Waals surface area contributed by atoms with Crippen LogP contribution in [0.25, 0.3) is 0 Å². The molecular formula is C18H15BrClN3O. The minimum absolute atomic E-state index is 0.153. The van der Waals surface area contributed by atoms with Gasteiger partial charge in [0.05, 0.1) is 23.5 Å². The topological polar surface area (TPSA) is 46.9 Å². The minimum Gasteiger partial charge on any atom is -0.321 e. The van der Waals surface area contributed by atoms with E-state index in [0.29, 0.717) is 17.1 Å². The van der Waals surface area contributed by atoms with Gasteiger partial charge in [0.25, 0.3) is 5.91 Å². The first-order valence-electron chi connectivity index (χ1n) is 7.36. The highest BCUT2D eigenvalue weighted by Crippen LogP contribution is 2.24. The lowest BCUT2D eigenvalue weighted by atomic mass is 10.1. The highest BCUT2D eigenvalue weighted by Gasteiger charge is 2.09. The van der Waals surface area contributed by atoms with Crippen molar-refractivity contribution in [2.45, 2.75) is 13.5 Å². The number of aryl methyl sites for hydroxylation is 1. The van der Waals surface area contributed by atoms with Crippen LogP contribution in [-0.2, 0) is 6.54 Å². The fourth-order valence-electron chi connectivity index (χ4n) is 2.34. The summed E-state index contributed by atoms with van der Waals surface area (Å²) in [6, 6.07) is 13.3. The third-order valence-electron chi connectivity index (χ3n) is 3.51. The molecule has 3 aromatic rings. The molecule has 24 heavy (non-hydrogen) atoms. The van der Waals surface area contributed by atoms with Crippen molar-refractivity contribution in [3.05, 3.63) is 81.0 Å². The predicted molar refractivity (Wildman–Crippen MR) is 99.6 cm³/mol. The fourth-order valence-corrected chi connectivity index (χ4v) is 3.09. The molecule has 0 spiro atoms. The number of nitrogens with zero attached hydrogens (tertiary/aromatic N) is 2. The summed E-state index contributed by atoms with van der Waals surface area (Å²) in [5.74, 6) is -0.153. The van der Waals surface area contributed by atoms with E-state index in [1.165, 1.54) is 0 Å². The Balaban J connectivity index is 1.76. The zero-order valence-corrected chi connectivity index (χ0v) is 15.3. The normalized spacial score (nSPS) is 10.6. The summed E-state index contributed by atoms with van der Waals surface area (Å²) in [6.07, 6.45) is 3.34. The molecule has 0 radical (unpaired) electrons. The molecule has 0 bridgehead atoms. The summed E-state index contributed by atoms with van der Waals surface area (Å²) in [6.45, 7) is 2.56. The van der Waals surface area contributed by atoms with Gasteiger partial charge >= 0.3 is 0 Å². The van der Waals surface area contributed by atoms with Crippen LogP contribution in [-0.4, -0.2) is 15.7 Å². The number of halogens is 2. The Morgan fingerprint density at radius 1 is 1.29 bits per heavy atom. The maximum atomic E-state index is 12.5. The molecular weight excluding hydrogens is 390 g/mol. The van der Waals surface area contributed by atoms with Gasteiger partial charge in [0, 0.05) is 16.2 Å². The monoisotopic (exact) mass is 403 g/mol. The largest absolute Gasteiger partial charge is 0.321 e. The number of carbonyl (C=O) groups is 1. The van der Waals surface area contributed by atoms with E-state index in [9.17, 15) is 4.79 Å². The average Bonchev–Trinajstić information content (AvgIpc) is 2.95. The van der Waals surface area contributed by atoms with E-state index in [1.807, 2.05) is 43.3 Å². The summed E-state index contributed by atoms with van der Waals surface area (Å²) in [5, 5.41) is 7.66. The van der Waals surface area contributed by atoms with Crippen molar-refractivity contribution < 1.29 is 4.79 Å². The SMILES string of the molecule is Cc1ccc(NC(=O)c2cccc(Cn3cc(Cl)cn3)c2)c(Br)c1. The molecule has 6 heteroatoms. The molecule has 1 N–H and O–H groups in total. The number of hydrogen-bond acceptors (Lipinski definition) is 2. The number of hydrogen-bond donors (Lipinski definition) is 1. The molecule has 0 fully saturated rings. The summed E-state index contributed by atoms with van der Waals surface area (Å²) in [5.41, 5.74) is 3.44. The Bertz CT molecular complexity index is 891. The van der Waals surface area contributed by atoms with Crippen LogP contribution in [0.15, 0.2) is 59.3 Å². The number of nitrogens with one attached hydrogen (secondary N) is 1. The van der Waals surface area contributed by atoms with Crippen LogP contribution in [0.5, 0.6) is 0 Å². The van der Waals surface area contributed by atoms with Crippen LogP contribution < -0.4 is 5.32 Å². The number of rotatable bonds is 4. The molecule has 122 valence electrons. The smallest absolute Gasteiger partial charge is 0.255 e. The van der Waals surface area contributed by atoms with E-state index < -0.39 is 0 Å². The standard InChI is InChI=1S/C18H15BrClN3O/c1-12-5-6-17(16(19)7-12)22-18(24)14-4-2-3-13(8-14)10-23-11-15(20)9-21-23/h2-9,11H,10H2,1H3,(H,22,24). The van der Waals surface area contributed by atoms with E-state index >= 15 is 0 Å². The number of benzene rings is 2. The lowest BCUT2D eigenvalue weighted by Crippen LogP contribution is -2.13. The molecule has 0 aliphatic carbocycles. The first kappa shape index (κ1) is 16.7. The van der Waals surface area contributed by atoms with Crippen molar-refractivity contribution in [1.29, 1.82) is 0 Å². The second-order valence-electron chi connectivity index (χ2n) is 5.49. The van der Waals surface area contributed by atoms with Gasteiger partial charge in [-0.05, 0) is 58.2 Å². The van der Waals surface area contributed by atoms with E-state index in [4.69, 9.17) is 11.6 Å². The lowest BCUT2D eigenvalue weighted by Gasteiger charge is -2.09. The van der Waals surface area contributed by atoms with Gasteiger partial charge in [0.15, 0.2) is 0 Å². The molecule has 2 aromatic carbocycles. The van der Waals surface area contributed by atoms with E-state index in [-0.39, 0.29) is 5.91 Å². The fraction of sp³-hybridized carbons (Fsp3) is 0.111. The number of amides is 1. The first-order chi connectivity index (χ1) is 11.5. The molecule has 0 saturated heterocycles. The van der Waals surface area contributed by atoms with Gasteiger partial charge in [0.2, 0.25) is 0 Å². The van der Waals surface area contributed by atoms with Gasteiger partial charge < -0.3 is 5.32 Å². The van der Waals surface area contributed by atoms with Crippen molar-refractivity contribution in [2.75, 3.05) is 5.32 Å². The van der Waals surface area contributed by atoms with E-state index in [1.54, 1.807) is 23.1 Å². The Morgan fingerprint density at radius 2 is 2.12 bits per heavy atom. The third-order valence-corrected chi connectivity index (χ3v) is 4.36. The Kier molecular flexibility index (Phi) is 5.02. The Hall–Kier alpha value is -2.11. The molecule has 3 rings (SSSR count). The molecule has 1 amide bonds. The van der Waals surface area contributed by atoms with Crippen molar-refractivity contribution in [1.82, 2.24) is 9.78 Å². The zero-order valence-electron chi connectivity index (χ0n) is 13.0. The molecule has 0 unspecified atom stereocenters. The van der Waals surface area contributed by atoms with Gasteiger partial charge in [-0.3, -0.25) is 9.48 Å². The number of aromatic nitrogens is 2. The molecule has 0 saturated carbocycles. The Labute approximate surface area is 153 Å². The van der Waals surface area contributed by atoms with Crippen LogP contribution in [0.1, 0.15) is 21.5 Å². The molecule has 0 aliphatic heterocycles. The highest BCUT2D eigenvalue weighted by atomic mass is 79.9. The van der Waals surface area contributed by atoms with Gasteiger partial charge in [-0.25, -0.2) is 0 Å². The van der Waals surface area contributed by atoms with Gasteiger partial charge in [-0.15, -0.1) is 0 Å². The van der Waals surface area contributed by atoms with Crippen molar-refractivity contribution in [3.63, 3.8) is 0 Å². The van der Waals surface area contributed by atoms with Crippen molar-refractivity contribution >= 4 is 39.1 Å². The molecule has 0 aliphatic rings. The average molecular weight is 405 g/mol. The van der Waals surface area contributed by atoms with Gasteiger partial charge in [-0.1, -0.05) is 29.8 Å². The molecule has 0 atom stereocenters. The molecule has 1 aromatic heterocycles. The quantitative estimate of drug-likeness (QED) is 0.672. The van der Waals surface area contributed by atoms with Gasteiger partial charge in [0.1, 0.15) is 0 Å². The zero-order chi connectivity index (χ0) is 17.1. The summed E-state index contributed by atoms with van der Waals surface area (Å²) >= 11 is 9.34. The predicted octanol–water partition coefficient (Wildman–Crippen LogP) is 4.91. The minimum atomic E-state index is -0.153. The van der Waals surface area contributed by atoms with Crippen LogP contribution in [0.3, 0.4) is 0 Å². The van der Waals surface area contributed by atoms with Crippen molar-refractivity contribution in [3.8, 4) is 0 Å². The maximum Gasteiger partial charge on any atom is 0.255 e. The maximum absolute atomic E-state index is 12.5. The van der Waals surface area contributed by atoms with Crippen LogP contribution in [0.4, 0.5) is 5.69 Å².